The van der Waals surface area contributed by atoms with Gasteiger partial charge in [-0.25, -0.2) is 0 Å². The Kier molecular flexibility index (Phi) is 5.04. The first-order valence-corrected chi connectivity index (χ1v) is 8.17. The molecule has 0 saturated heterocycles. The van der Waals surface area contributed by atoms with Gasteiger partial charge < -0.3 is 4.90 Å². The molecule has 0 unspecified atom stereocenters. The van der Waals surface area contributed by atoms with E-state index >= 15 is 0 Å². The Balaban J connectivity index is 2.48. The van der Waals surface area contributed by atoms with E-state index in [0.29, 0.717) is 6.54 Å². The molecule has 0 fully saturated rings. The van der Waals surface area contributed by atoms with E-state index in [1.807, 2.05) is 43.9 Å². The number of aryl methyl sites for hydroxylation is 3. The molecule has 0 aliphatic heterocycles. The van der Waals surface area contributed by atoms with E-state index < -0.39 is 0 Å². The van der Waals surface area contributed by atoms with E-state index in [1.54, 1.807) is 0 Å². The van der Waals surface area contributed by atoms with Crippen molar-refractivity contribution >= 4 is 34.2 Å². The Morgan fingerprint density at radius 3 is 2.48 bits per heavy atom. The van der Waals surface area contributed by atoms with Crippen LogP contribution in [-0.4, -0.2) is 12.5 Å². The minimum absolute atomic E-state index is 0.0688. The number of benzene rings is 2. The number of hydrogen-bond donors (Lipinski definition) is 0. The average Bonchev–Trinajstić information content (AvgIpc) is 2.46. The number of anilines is 1. The fourth-order valence-corrected chi connectivity index (χ4v) is 2.98. The summed E-state index contributed by atoms with van der Waals surface area (Å²) in [5, 5.41) is 0. The smallest absolute Gasteiger partial charge is 0.259 e. The summed E-state index contributed by atoms with van der Waals surface area (Å²) in [6.45, 7) is 8.81. The maximum atomic E-state index is 12.9. The first-order chi connectivity index (χ1) is 9.95. The van der Waals surface area contributed by atoms with Crippen LogP contribution < -0.4 is 4.90 Å². The van der Waals surface area contributed by atoms with Gasteiger partial charge in [0.05, 0.1) is 5.56 Å². The molecule has 2 nitrogen and oxygen atoms in total. The van der Waals surface area contributed by atoms with Crippen molar-refractivity contribution < 1.29 is 4.79 Å². The SMILES string of the molecule is CCN(C(=O)c1cccc(C)c1I)c1cc(C)ccc1C. The van der Waals surface area contributed by atoms with Gasteiger partial charge in [0.15, 0.2) is 0 Å². The van der Waals surface area contributed by atoms with Crippen molar-refractivity contribution in [1.82, 2.24) is 0 Å². The zero-order valence-electron chi connectivity index (χ0n) is 12.9. The van der Waals surface area contributed by atoms with E-state index in [1.165, 1.54) is 5.56 Å². The molecule has 1 amide bonds. The quantitative estimate of drug-likeness (QED) is 0.681. The van der Waals surface area contributed by atoms with Crippen LogP contribution in [0.25, 0.3) is 0 Å². The summed E-state index contributed by atoms with van der Waals surface area (Å²) in [5.41, 5.74) is 5.20. The molecule has 0 spiro atoms. The van der Waals surface area contributed by atoms with Crippen LogP contribution >= 0.6 is 22.6 Å². The number of hydrogen-bond acceptors (Lipinski definition) is 1. The summed E-state index contributed by atoms with van der Waals surface area (Å²) in [7, 11) is 0. The number of carbonyl (C=O) groups excluding carboxylic acids is 1. The number of nitrogens with zero attached hydrogens (tertiary/aromatic N) is 1. The Morgan fingerprint density at radius 2 is 1.81 bits per heavy atom. The predicted octanol–water partition coefficient (Wildman–Crippen LogP) is 4.88. The molecule has 0 saturated carbocycles. The second kappa shape index (κ2) is 6.60. The maximum Gasteiger partial charge on any atom is 0.259 e. The molecule has 21 heavy (non-hydrogen) atoms. The molecule has 0 radical (unpaired) electrons. The molecule has 2 aromatic rings. The van der Waals surface area contributed by atoms with E-state index in [4.69, 9.17) is 0 Å². The van der Waals surface area contributed by atoms with Crippen molar-refractivity contribution in [2.75, 3.05) is 11.4 Å². The second-order valence-corrected chi connectivity index (χ2v) is 6.35. The summed E-state index contributed by atoms with van der Waals surface area (Å²) < 4.78 is 1.03. The van der Waals surface area contributed by atoms with Crippen molar-refractivity contribution in [3.63, 3.8) is 0 Å². The van der Waals surface area contributed by atoms with Crippen molar-refractivity contribution in [1.29, 1.82) is 0 Å². The Morgan fingerprint density at radius 1 is 1.10 bits per heavy atom. The lowest BCUT2D eigenvalue weighted by Crippen LogP contribution is -2.32. The third kappa shape index (κ3) is 3.28. The van der Waals surface area contributed by atoms with Crippen LogP contribution in [0.2, 0.25) is 0 Å². The lowest BCUT2D eigenvalue weighted by molar-refractivity contribution is 0.0987. The van der Waals surface area contributed by atoms with E-state index in [0.717, 1.165) is 25.9 Å². The first kappa shape index (κ1) is 16.0. The highest BCUT2D eigenvalue weighted by molar-refractivity contribution is 14.1. The molecular formula is C18H20INO. The predicted molar refractivity (Wildman–Crippen MR) is 97.2 cm³/mol. The van der Waals surface area contributed by atoms with Gasteiger partial charge >= 0.3 is 0 Å². The van der Waals surface area contributed by atoms with Crippen LogP contribution in [0.1, 0.15) is 34.0 Å². The molecular weight excluding hydrogens is 373 g/mol. The van der Waals surface area contributed by atoms with E-state index in [-0.39, 0.29) is 5.91 Å². The normalized spacial score (nSPS) is 10.5. The summed E-state index contributed by atoms with van der Waals surface area (Å²) in [6.07, 6.45) is 0. The number of rotatable bonds is 3. The topological polar surface area (TPSA) is 20.3 Å². The standard InChI is InChI=1S/C18H20INO/c1-5-20(16-11-12(2)9-10-13(16)3)18(21)15-8-6-7-14(4)17(15)19/h6-11H,5H2,1-4H3. The van der Waals surface area contributed by atoms with Crippen LogP contribution in [0.15, 0.2) is 36.4 Å². The Hall–Kier alpha value is -1.36. The fraction of sp³-hybridized carbons (Fsp3) is 0.278. The monoisotopic (exact) mass is 393 g/mol. The maximum absolute atomic E-state index is 12.9. The zero-order valence-corrected chi connectivity index (χ0v) is 15.1. The van der Waals surface area contributed by atoms with Crippen LogP contribution in [-0.2, 0) is 0 Å². The van der Waals surface area contributed by atoms with E-state index in [9.17, 15) is 4.79 Å². The highest BCUT2D eigenvalue weighted by Gasteiger charge is 2.20. The minimum atomic E-state index is 0.0688. The van der Waals surface area contributed by atoms with Crippen molar-refractivity contribution in [2.45, 2.75) is 27.7 Å². The summed E-state index contributed by atoms with van der Waals surface area (Å²) >= 11 is 2.26. The first-order valence-electron chi connectivity index (χ1n) is 7.10. The summed E-state index contributed by atoms with van der Waals surface area (Å²) in [4.78, 5) is 14.8. The van der Waals surface area contributed by atoms with Crippen LogP contribution in [0.4, 0.5) is 5.69 Å². The van der Waals surface area contributed by atoms with Gasteiger partial charge in [0, 0.05) is 15.8 Å². The second-order valence-electron chi connectivity index (χ2n) is 5.28. The van der Waals surface area contributed by atoms with Gasteiger partial charge in [-0.3, -0.25) is 4.79 Å². The fourth-order valence-electron chi connectivity index (χ4n) is 2.39. The third-order valence-electron chi connectivity index (χ3n) is 3.64. The van der Waals surface area contributed by atoms with Crippen molar-refractivity contribution in [3.05, 3.63) is 62.2 Å². The van der Waals surface area contributed by atoms with E-state index in [2.05, 4.69) is 47.7 Å². The Labute approximate surface area is 140 Å². The molecule has 0 aromatic heterocycles. The van der Waals surface area contributed by atoms with Gasteiger partial charge in [0.25, 0.3) is 5.91 Å². The molecule has 3 heteroatoms. The molecule has 0 aliphatic carbocycles. The molecule has 0 heterocycles. The third-order valence-corrected chi connectivity index (χ3v) is 5.07. The zero-order chi connectivity index (χ0) is 15.6. The highest BCUT2D eigenvalue weighted by Crippen LogP contribution is 2.25. The molecule has 0 atom stereocenters. The van der Waals surface area contributed by atoms with Crippen LogP contribution in [0, 0.1) is 24.3 Å². The van der Waals surface area contributed by atoms with Crippen LogP contribution in [0.3, 0.4) is 0 Å². The lowest BCUT2D eigenvalue weighted by atomic mass is 10.1. The minimum Gasteiger partial charge on any atom is -0.308 e. The molecule has 2 aromatic carbocycles. The average molecular weight is 393 g/mol. The van der Waals surface area contributed by atoms with Gasteiger partial charge in [0.2, 0.25) is 0 Å². The van der Waals surface area contributed by atoms with Gasteiger partial charge in [-0.15, -0.1) is 0 Å². The number of halogens is 1. The summed E-state index contributed by atoms with van der Waals surface area (Å²) in [6, 6.07) is 12.1. The molecule has 0 N–H and O–H groups in total. The van der Waals surface area contributed by atoms with Gasteiger partial charge in [-0.1, -0.05) is 24.3 Å². The molecule has 0 bridgehead atoms. The molecule has 0 aliphatic rings. The molecule has 2 rings (SSSR count). The molecule has 110 valence electrons. The van der Waals surface area contributed by atoms with Gasteiger partial charge in [-0.2, -0.15) is 0 Å². The van der Waals surface area contributed by atoms with Crippen molar-refractivity contribution in [2.24, 2.45) is 0 Å². The Bertz CT molecular complexity index is 679. The number of carbonyl (C=O) groups is 1. The lowest BCUT2D eigenvalue weighted by Gasteiger charge is -2.24. The van der Waals surface area contributed by atoms with Crippen LogP contribution in [0.5, 0.6) is 0 Å². The summed E-state index contributed by atoms with van der Waals surface area (Å²) in [5.74, 6) is 0.0688. The van der Waals surface area contributed by atoms with Crippen molar-refractivity contribution in [3.8, 4) is 0 Å². The van der Waals surface area contributed by atoms with Gasteiger partial charge in [0.1, 0.15) is 0 Å². The highest BCUT2D eigenvalue weighted by atomic mass is 127. The van der Waals surface area contributed by atoms with Gasteiger partial charge in [-0.05, 0) is 79.1 Å². The number of amides is 1. The largest absolute Gasteiger partial charge is 0.308 e.